The number of nitrogens with zero attached hydrogens (tertiary/aromatic N) is 6. The summed E-state index contributed by atoms with van der Waals surface area (Å²) < 4.78 is 1.78. The molecule has 3 aromatic rings. The quantitative estimate of drug-likeness (QED) is 0.643. The van der Waals surface area contributed by atoms with Gasteiger partial charge in [0.2, 0.25) is 0 Å². The summed E-state index contributed by atoms with van der Waals surface area (Å²) in [6.45, 7) is 11.6. The van der Waals surface area contributed by atoms with Gasteiger partial charge in [-0.15, -0.1) is 0 Å². The molecule has 30 heavy (non-hydrogen) atoms. The summed E-state index contributed by atoms with van der Waals surface area (Å²) in [5.74, 6) is 1.82. The molecule has 0 bridgehead atoms. The summed E-state index contributed by atoms with van der Waals surface area (Å²) in [7, 11) is 0. The van der Waals surface area contributed by atoms with Gasteiger partial charge in [0.05, 0.1) is 17.1 Å². The van der Waals surface area contributed by atoms with Crippen molar-refractivity contribution in [2.24, 2.45) is 0 Å². The van der Waals surface area contributed by atoms with Gasteiger partial charge in [0, 0.05) is 30.5 Å². The number of anilines is 1. The third-order valence-electron chi connectivity index (χ3n) is 5.70. The van der Waals surface area contributed by atoms with Crippen LogP contribution >= 0.6 is 0 Å². The van der Waals surface area contributed by atoms with Crippen molar-refractivity contribution < 1.29 is 5.48 Å². The molecule has 4 rings (SSSR count). The minimum absolute atomic E-state index is 0. The smallest absolute Gasteiger partial charge is 0.155 e. The lowest BCUT2D eigenvalue weighted by Crippen LogP contribution is -2.36. The number of hydrogen-bond acceptors (Lipinski definition) is 5. The van der Waals surface area contributed by atoms with Crippen molar-refractivity contribution in [1.82, 2.24) is 24.7 Å². The Bertz CT molecular complexity index is 1060. The Kier molecular flexibility index (Phi) is 6.31. The Labute approximate surface area is 177 Å². The number of aromatic nitrogens is 5. The predicted octanol–water partition coefficient (Wildman–Crippen LogP) is 3.79. The van der Waals surface area contributed by atoms with Gasteiger partial charge >= 0.3 is 0 Å². The first-order chi connectivity index (χ1) is 14.0. The molecule has 158 valence electrons. The van der Waals surface area contributed by atoms with Crippen molar-refractivity contribution >= 4 is 11.4 Å². The molecule has 1 aliphatic rings. The molecular formula is C23H30N6O. The maximum atomic E-state index is 5.10. The average molecular weight is 407 g/mol. The average Bonchev–Trinajstić information content (AvgIpc) is 3.28. The van der Waals surface area contributed by atoms with Crippen LogP contribution < -0.4 is 4.90 Å². The van der Waals surface area contributed by atoms with Crippen LogP contribution in [-0.4, -0.2) is 42.8 Å². The summed E-state index contributed by atoms with van der Waals surface area (Å²) in [5.41, 5.74) is 6.08. The second-order valence-corrected chi connectivity index (χ2v) is 7.59. The van der Waals surface area contributed by atoms with Gasteiger partial charge in [-0.3, -0.25) is 0 Å². The number of fused-ring (bicyclic) bond motifs is 1. The number of pyridine rings is 1. The van der Waals surface area contributed by atoms with E-state index < -0.39 is 0 Å². The van der Waals surface area contributed by atoms with Crippen LogP contribution in [0.4, 0.5) is 5.82 Å². The van der Waals surface area contributed by atoms with E-state index in [1.807, 2.05) is 25.3 Å². The highest BCUT2D eigenvalue weighted by Crippen LogP contribution is 2.34. The van der Waals surface area contributed by atoms with Gasteiger partial charge in [0.25, 0.3) is 0 Å². The first kappa shape index (κ1) is 21.6. The fraction of sp³-hybridized carbons (Fsp3) is 0.391. The van der Waals surface area contributed by atoms with Crippen molar-refractivity contribution in [3.63, 3.8) is 0 Å². The molecule has 2 N–H and O–H groups in total. The van der Waals surface area contributed by atoms with E-state index in [1.165, 1.54) is 5.57 Å². The standard InChI is InChI=1S/C23H28N6.H2O/c1-6-16(4)28-14-11-15(3)21-23(28)25-17(5)22(27-21)18-9-10-20(26-19(18)7-2)29-13-8-12-24-29;/h8-13,16H,6-7,14H2,1-5H3;1H2. The fourth-order valence-electron chi connectivity index (χ4n) is 3.76. The van der Waals surface area contributed by atoms with E-state index in [9.17, 15) is 0 Å². The molecule has 1 aliphatic heterocycles. The molecule has 0 saturated carbocycles. The van der Waals surface area contributed by atoms with Crippen LogP contribution in [0.5, 0.6) is 0 Å². The van der Waals surface area contributed by atoms with Crippen LogP contribution in [0.2, 0.25) is 0 Å². The Hall–Kier alpha value is -3.06. The van der Waals surface area contributed by atoms with E-state index in [1.54, 1.807) is 10.9 Å². The molecule has 7 nitrogen and oxygen atoms in total. The molecule has 0 fully saturated rings. The van der Waals surface area contributed by atoms with Crippen LogP contribution in [-0.2, 0) is 6.42 Å². The maximum Gasteiger partial charge on any atom is 0.155 e. The first-order valence-electron chi connectivity index (χ1n) is 10.4. The summed E-state index contributed by atoms with van der Waals surface area (Å²) in [4.78, 5) is 17.3. The molecule has 0 amide bonds. The third kappa shape index (κ3) is 3.73. The van der Waals surface area contributed by atoms with E-state index in [0.717, 1.165) is 59.4 Å². The Morgan fingerprint density at radius 3 is 2.53 bits per heavy atom. The summed E-state index contributed by atoms with van der Waals surface area (Å²) >= 11 is 0. The number of hydrogen-bond donors (Lipinski definition) is 0. The van der Waals surface area contributed by atoms with E-state index in [-0.39, 0.29) is 5.48 Å². The van der Waals surface area contributed by atoms with E-state index >= 15 is 0 Å². The molecule has 0 spiro atoms. The fourth-order valence-corrected chi connectivity index (χ4v) is 3.76. The Morgan fingerprint density at radius 2 is 1.87 bits per heavy atom. The van der Waals surface area contributed by atoms with E-state index in [2.05, 4.69) is 49.8 Å². The highest BCUT2D eigenvalue weighted by atomic mass is 16.0. The molecule has 4 heterocycles. The van der Waals surface area contributed by atoms with Crippen LogP contribution in [0.1, 0.15) is 51.2 Å². The molecule has 0 saturated heterocycles. The normalized spacial score (nSPS) is 14.0. The lowest BCUT2D eigenvalue weighted by atomic mass is 10.0. The monoisotopic (exact) mass is 406 g/mol. The van der Waals surface area contributed by atoms with Crippen LogP contribution in [0.3, 0.4) is 0 Å². The van der Waals surface area contributed by atoms with Gasteiger partial charge in [0.15, 0.2) is 11.6 Å². The minimum atomic E-state index is 0. The zero-order chi connectivity index (χ0) is 20.5. The summed E-state index contributed by atoms with van der Waals surface area (Å²) in [6.07, 6.45) is 7.81. The van der Waals surface area contributed by atoms with Crippen molar-refractivity contribution in [2.75, 3.05) is 11.4 Å². The second kappa shape index (κ2) is 8.75. The highest BCUT2D eigenvalue weighted by Gasteiger charge is 2.25. The Balaban J connectivity index is 0.00000256. The summed E-state index contributed by atoms with van der Waals surface area (Å²) in [5, 5.41) is 4.30. The number of aryl methyl sites for hydroxylation is 2. The molecule has 0 aliphatic carbocycles. The van der Waals surface area contributed by atoms with Gasteiger partial charge < -0.3 is 10.4 Å². The minimum Gasteiger partial charge on any atom is -0.412 e. The largest absolute Gasteiger partial charge is 0.412 e. The van der Waals surface area contributed by atoms with Crippen molar-refractivity contribution in [1.29, 1.82) is 0 Å². The van der Waals surface area contributed by atoms with Crippen LogP contribution in [0.25, 0.3) is 22.6 Å². The molecule has 0 aromatic carbocycles. The lowest BCUT2D eigenvalue weighted by Gasteiger charge is -2.33. The second-order valence-electron chi connectivity index (χ2n) is 7.59. The molecular weight excluding hydrogens is 376 g/mol. The highest BCUT2D eigenvalue weighted by molar-refractivity contribution is 5.77. The summed E-state index contributed by atoms with van der Waals surface area (Å²) in [6, 6.07) is 6.42. The zero-order valence-electron chi connectivity index (χ0n) is 18.3. The zero-order valence-corrected chi connectivity index (χ0v) is 18.3. The maximum absolute atomic E-state index is 5.10. The van der Waals surface area contributed by atoms with Gasteiger partial charge in [-0.25, -0.2) is 19.6 Å². The molecule has 1 atom stereocenters. The van der Waals surface area contributed by atoms with Gasteiger partial charge in [0.1, 0.15) is 5.69 Å². The van der Waals surface area contributed by atoms with Crippen LogP contribution in [0, 0.1) is 6.92 Å². The van der Waals surface area contributed by atoms with E-state index in [4.69, 9.17) is 15.0 Å². The van der Waals surface area contributed by atoms with Crippen molar-refractivity contribution in [3.8, 4) is 17.1 Å². The first-order valence-corrected chi connectivity index (χ1v) is 10.4. The van der Waals surface area contributed by atoms with Gasteiger partial charge in [-0.1, -0.05) is 19.9 Å². The molecule has 1 unspecified atom stereocenters. The van der Waals surface area contributed by atoms with E-state index in [0.29, 0.717) is 6.04 Å². The predicted molar refractivity (Wildman–Crippen MR) is 121 cm³/mol. The molecule has 3 aromatic heterocycles. The lowest BCUT2D eigenvalue weighted by molar-refractivity contribution is 0.629. The SMILES string of the molecule is CCc1nc(-n2cccn2)ccc1-c1nc2c(nc1C)N(C(C)CC)CC=C2C.O. The van der Waals surface area contributed by atoms with Gasteiger partial charge in [-0.2, -0.15) is 5.10 Å². The Morgan fingerprint density at radius 1 is 1.07 bits per heavy atom. The number of allylic oxidation sites excluding steroid dienone is 1. The van der Waals surface area contributed by atoms with Crippen molar-refractivity contribution in [2.45, 2.75) is 53.5 Å². The third-order valence-corrected chi connectivity index (χ3v) is 5.70. The van der Waals surface area contributed by atoms with Crippen LogP contribution in [0.15, 0.2) is 36.7 Å². The molecule has 7 heteroatoms. The van der Waals surface area contributed by atoms with Gasteiger partial charge in [-0.05, 0) is 57.4 Å². The topological polar surface area (TPSA) is 91.2 Å². The van der Waals surface area contributed by atoms with Crippen molar-refractivity contribution in [3.05, 3.63) is 53.8 Å². The molecule has 0 radical (unpaired) electrons. The number of rotatable bonds is 5.